The minimum absolute atomic E-state index is 0.101. The highest BCUT2D eigenvalue weighted by atomic mass is 32.2. The molecule has 1 aromatic heterocycles. The van der Waals surface area contributed by atoms with Gasteiger partial charge in [0.05, 0.1) is 24.5 Å². The van der Waals surface area contributed by atoms with Crippen LogP contribution in [0.2, 0.25) is 0 Å². The van der Waals surface area contributed by atoms with Crippen LogP contribution in [0.4, 0.5) is 0 Å². The molecule has 1 amide bonds. The zero-order valence-electron chi connectivity index (χ0n) is 16.8. The third kappa shape index (κ3) is 4.30. The Labute approximate surface area is 171 Å². The van der Waals surface area contributed by atoms with Crippen LogP contribution < -0.4 is 5.56 Å². The van der Waals surface area contributed by atoms with Crippen LogP contribution in [0.15, 0.2) is 16.9 Å². The van der Waals surface area contributed by atoms with E-state index in [4.69, 9.17) is 0 Å². The second kappa shape index (κ2) is 8.02. The topological polar surface area (TPSA) is 103 Å². The fourth-order valence-electron chi connectivity index (χ4n) is 4.60. The van der Waals surface area contributed by atoms with Gasteiger partial charge in [-0.3, -0.25) is 9.59 Å². The molecule has 0 spiro atoms. The predicted octanol–water partition coefficient (Wildman–Crippen LogP) is 1.50. The molecular formula is C20H28N4O4S. The number of allylic oxidation sites excluding steroid dienone is 2. The molecule has 3 heterocycles. The number of sulfonamides is 1. The minimum Gasteiger partial charge on any atom is -0.332 e. The summed E-state index contributed by atoms with van der Waals surface area (Å²) in [4.78, 5) is 35.1. The predicted molar refractivity (Wildman–Crippen MR) is 109 cm³/mol. The third-order valence-corrected chi connectivity index (χ3v) is 7.46. The van der Waals surface area contributed by atoms with Gasteiger partial charge in [-0.2, -0.15) is 4.31 Å². The van der Waals surface area contributed by atoms with Crippen LogP contribution in [0.1, 0.15) is 61.6 Å². The van der Waals surface area contributed by atoms with Crippen LogP contribution >= 0.6 is 0 Å². The normalized spacial score (nSPS) is 25.2. The van der Waals surface area contributed by atoms with Gasteiger partial charge in [0, 0.05) is 25.1 Å². The number of fused-ring (bicyclic) bond motifs is 1. The van der Waals surface area contributed by atoms with E-state index in [0.717, 1.165) is 32.1 Å². The molecule has 0 radical (unpaired) electrons. The van der Waals surface area contributed by atoms with Gasteiger partial charge in [-0.1, -0.05) is 12.2 Å². The number of hydrogen-bond donors (Lipinski definition) is 1. The maximum atomic E-state index is 13.0. The zero-order valence-corrected chi connectivity index (χ0v) is 17.6. The van der Waals surface area contributed by atoms with Crippen LogP contribution in [0.5, 0.6) is 0 Å². The van der Waals surface area contributed by atoms with Gasteiger partial charge >= 0.3 is 0 Å². The summed E-state index contributed by atoms with van der Waals surface area (Å²) in [5, 5.41) is 0. The van der Waals surface area contributed by atoms with E-state index in [9.17, 15) is 18.0 Å². The Morgan fingerprint density at radius 1 is 1.28 bits per heavy atom. The fraction of sp³-hybridized carbons (Fsp3) is 0.650. The van der Waals surface area contributed by atoms with Crippen molar-refractivity contribution in [3.05, 3.63) is 39.6 Å². The number of likely N-dealkylation sites (tertiary alicyclic amines) is 1. The van der Waals surface area contributed by atoms with E-state index in [2.05, 4.69) is 22.1 Å². The summed E-state index contributed by atoms with van der Waals surface area (Å²) in [6.45, 7) is 1.06. The van der Waals surface area contributed by atoms with Gasteiger partial charge in [0.15, 0.2) is 0 Å². The molecule has 8 nitrogen and oxygen atoms in total. The van der Waals surface area contributed by atoms with Crippen LogP contribution in [-0.4, -0.2) is 52.8 Å². The van der Waals surface area contributed by atoms with Crippen LogP contribution in [-0.2, 0) is 27.8 Å². The molecule has 2 unspecified atom stereocenters. The van der Waals surface area contributed by atoms with E-state index in [0.29, 0.717) is 48.9 Å². The van der Waals surface area contributed by atoms with Crippen molar-refractivity contribution in [3.8, 4) is 0 Å². The number of rotatable bonds is 4. The molecule has 158 valence electrons. The van der Waals surface area contributed by atoms with Gasteiger partial charge in [-0.25, -0.2) is 13.4 Å². The zero-order chi connectivity index (χ0) is 20.6. The Morgan fingerprint density at radius 3 is 2.83 bits per heavy atom. The van der Waals surface area contributed by atoms with Crippen molar-refractivity contribution in [1.82, 2.24) is 19.2 Å². The summed E-state index contributed by atoms with van der Waals surface area (Å²) in [6.07, 6.45) is 11.0. The van der Waals surface area contributed by atoms with Crippen molar-refractivity contribution >= 4 is 15.9 Å². The number of amides is 1. The SMILES string of the molecule is CS(=O)(=O)N1CCc2c(nc(C3CCCCN3C(=O)CC3C=CCC3)[nH]c2=O)C1. The maximum Gasteiger partial charge on any atom is 0.254 e. The van der Waals surface area contributed by atoms with Gasteiger partial charge in [0.25, 0.3) is 5.56 Å². The lowest BCUT2D eigenvalue weighted by molar-refractivity contribution is -0.136. The molecule has 2 atom stereocenters. The molecule has 0 saturated carbocycles. The molecular weight excluding hydrogens is 392 g/mol. The molecule has 1 aliphatic carbocycles. The summed E-state index contributed by atoms with van der Waals surface area (Å²) in [5.74, 6) is 0.882. The van der Waals surface area contributed by atoms with Crippen molar-refractivity contribution in [2.45, 2.75) is 57.5 Å². The average molecular weight is 421 g/mol. The van der Waals surface area contributed by atoms with Crippen molar-refractivity contribution in [3.63, 3.8) is 0 Å². The van der Waals surface area contributed by atoms with Gasteiger partial charge in [-0.05, 0) is 44.4 Å². The molecule has 3 aliphatic rings. The van der Waals surface area contributed by atoms with Gasteiger partial charge < -0.3 is 9.88 Å². The summed E-state index contributed by atoms with van der Waals surface area (Å²) in [6, 6.07) is -0.256. The van der Waals surface area contributed by atoms with E-state index < -0.39 is 10.0 Å². The number of H-pyrrole nitrogens is 1. The Balaban J connectivity index is 1.60. The lowest BCUT2D eigenvalue weighted by atomic mass is 9.98. The molecule has 2 aliphatic heterocycles. The Bertz CT molecular complexity index is 985. The van der Waals surface area contributed by atoms with E-state index >= 15 is 0 Å². The largest absolute Gasteiger partial charge is 0.332 e. The van der Waals surface area contributed by atoms with Crippen LogP contribution in [0.3, 0.4) is 0 Å². The standard InChI is InChI=1S/C20H28N4O4S/c1-29(27,28)23-11-9-15-16(13-23)21-19(22-20(15)26)17-8-4-5-10-24(17)18(25)12-14-6-2-3-7-14/h2,6,14,17H,3-5,7-13H2,1H3,(H,21,22,26). The Kier molecular flexibility index (Phi) is 5.61. The summed E-state index contributed by atoms with van der Waals surface area (Å²) < 4.78 is 25.2. The second-order valence-corrected chi connectivity index (χ2v) is 10.3. The van der Waals surface area contributed by atoms with E-state index in [-0.39, 0.29) is 24.1 Å². The lowest BCUT2D eigenvalue weighted by Crippen LogP contribution is -2.42. The van der Waals surface area contributed by atoms with Gasteiger partial charge in [0.2, 0.25) is 15.9 Å². The number of piperidine rings is 1. The Hall–Kier alpha value is -2.00. The first-order valence-corrected chi connectivity index (χ1v) is 12.2. The molecule has 4 rings (SSSR count). The van der Waals surface area contributed by atoms with E-state index in [1.54, 1.807) is 0 Å². The summed E-state index contributed by atoms with van der Waals surface area (Å²) in [7, 11) is -3.35. The number of aromatic amines is 1. The minimum atomic E-state index is -3.35. The molecule has 1 aromatic rings. The molecule has 29 heavy (non-hydrogen) atoms. The molecule has 0 aromatic carbocycles. The van der Waals surface area contributed by atoms with Crippen molar-refractivity contribution in [2.24, 2.45) is 5.92 Å². The van der Waals surface area contributed by atoms with Crippen LogP contribution in [0.25, 0.3) is 0 Å². The van der Waals surface area contributed by atoms with Gasteiger partial charge in [0.1, 0.15) is 5.82 Å². The second-order valence-electron chi connectivity index (χ2n) is 8.29. The Morgan fingerprint density at radius 2 is 2.10 bits per heavy atom. The number of nitrogens with zero attached hydrogens (tertiary/aromatic N) is 3. The summed E-state index contributed by atoms with van der Waals surface area (Å²) in [5.41, 5.74) is 0.852. The number of nitrogens with one attached hydrogen (secondary N) is 1. The van der Waals surface area contributed by atoms with E-state index in [1.807, 2.05) is 4.90 Å². The molecule has 0 bridgehead atoms. The maximum absolute atomic E-state index is 13.0. The smallest absolute Gasteiger partial charge is 0.254 e. The highest BCUT2D eigenvalue weighted by Crippen LogP contribution is 2.31. The number of hydrogen-bond acceptors (Lipinski definition) is 5. The summed E-state index contributed by atoms with van der Waals surface area (Å²) >= 11 is 0. The quantitative estimate of drug-likeness (QED) is 0.744. The van der Waals surface area contributed by atoms with Crippen molar-refractivity contribution in [2.75, 3.05) is 19.3 Å². The molecule has 9 heteroatoms. The van der Waals surface area contributed by atoms with Crippen LogP contribution in [0, 0.1) is 5.92 Å². The third-order valence-electron chi connectivity index (χ3n) is 6.21. The highest BCUT2D eigenvalue weighted by Gasteiger charge is 2.33. The molecule has 1 N–H and O–H groups in total. The first-order chi connectivity index (χ1) is 13.8. The molecule has 1 fully saturated rings. The number of carbonyl (C=O) groups excluding carboxylic acids is 1. The number of carbonyl (C=O) groups is 1. The fourth-order valence-corrected chi connectivity index (χ4v) is 5.38. The highest BCUT2D eigenvalue weighted by molar-refractivity contribution is 7.88. The van der Waals surface area contributed by atoms with Gasteiger partial charge in [-0.15, -0.1) is 0 Å². The van der Waals surface area contributed by atoms with E-state index in [1.165, 1.54) is 10.6 Å². The van der Waals surface area contributed by atoms with Crippen molar-refractivity contribution < 1.29 is 13.2 Å². The number of aromatic nitrogens is 2. The monoisotopic (exact) mass is 420 g/mol. The first kappa shape index (κ1) is 20.3. The van der Waals surface area contributed by atoms with Crippen molar-refractivity contribution in [1.29, 1.82) is 0 Å². The average Bonchev–Trinajstić information content (AvgIpc) is 3.20. The first-order valence-electron chi connectivity index (χ1n) is 10.4. The lowest BCUT2D eigenvalue weighted by Gasteiger charge is -2.36. The molecule has 1 saturated heterocycles.